The van der Waals surface area contributed by atoms with Crippen molar-refractivity contribution < 1.29 is 24.3 Å². The Morgan fingerprint density at radius 2 is 2.22 bits per heavy atom. The van der Waals surface area contributed by atoms with Crippen molar-refractivity contribution in [2.24, 2.45) is 0 Å². The molecule has 23 heavy (non-hydrogen) atoms. The molecule has 0 aliphatic carbocycles. The Morgan fingerprint density at radius 1 is 1.43 bits per heavy atom. The summed E-state index contributed by atoms with van der Waals surface area (Å²) in [7, 11) is -0.809. The van der Waals surface area contributed by atoms with Gasteiger partial charge in [-0.25, -0.2) is 0 Å². The summed E-state index contributed by atoms with van der Waals surface area (Å²) in [5.74, 6) is 1.24. The highest BCUT2D eigenvalue weighted by molar-refractivity contribution is 6.43. The molecule has 0 aromatic carbocycles. The zero-order valence-corrected chi connectivity index (χ0v) is 13.4. The molecule has 0 amide bonds. The van der Waals surface area contributed by atoms with Gasteiger partial charge >= 0.3 is 7.12 Å². The third-order valence-electron chi connectivity index (χ3n) is 3.83. The molecule has 0 fully saturated rings. The van der Waals surface area contributed by atoms with Crippen molar-refractivity contribution >= 4 is 13.2 Å². The topological polar surface area (TPSA) is 83.1 Å². The molecule has 2 heterocycles. The van der Waals surface area contributed by atoms with Crippen LogP contribution in [-0.2, 0) is 11.3 Å². The molecule has 1 aliphatic rings. The molecule has 0 saturated heterocycles. The molecule has 1 aliphatic heterocycles. The van der Waals surface area contributed by atoms with E-state index in [9.17, 15) is 10.1 Å². The summed E-state index contributed by atoms with van der Waals surface area (Å²) < 4.78 is 11.0. The standard InChI is InChI=1S/C17H23BO5/c1-12(9-14-4-5-15(11-20)22-14)3-6-17-16(13(2)10-19)7-8-18(21)23-17/h4-5,7,9,17,19-21H,2-3,6,8,10-11H2,1H3/b12-9+. The zero-order chi connectivity index (χ0) is 16.8. The lowest BCUT2D eigenvalue weighted by Crippen LogP contribution is -2.32. The predicted octanol–water partition coefficient (Wildman–Crippen LogP) is 2.31. The molecule has 0 spiro atoms. The maximum absolute atomic E-state index is 9.67. The Labute approximate surface area is 136 Å². The van der Waals surface area contributed by atoms with Crippen molar-refractivity contribution in [2.45, 2.75) is 38.8 Å². The second kappa shape index (κ2) is 8.31. The molecule has 1 atom stereocenters. The molecule has 6 heteroatoms. The maximum Gasteiger partial charge on any atom is 0.458 e. The number of rotatable bonds is 7. The van der Waals surface area contributed by atoms with E-state index >= 15 is 0 Å². The highest BCUT2D eigenvalue weighted by atomic mass is 16.5. The molecule has 0 saturated carbocycles. The van der Waals surface area contributed by atoms with Crippen molar-refractivity contribution in [1.29, 1.82) is 0 Å². The number of aliphatic hydroxyl groups excluding tert-OH is 2. The van der Waals surface area contributed by atoms with Gasteiger partial charge in [0.25, 0.3) is 0 Å². The quantitative estimate of drug-likeness (QED) is 0.672. The summed E-state index contributed by atoms with van der Waals surface area (Å²) in [4.78, 5) is 0. The fraction of sp³-hybridized carbons (Fsp3) is 0.412. The largest absolute Gasteiger partial charge is 0.459 e. The van der Waals surface area contributed by atoms with Gasteiger partial charge in [-0.05, 0) is 49.1 Å². The van der Waals surface area contributed by atoms with Crippen LogP contribution in [0.3, 0.4) is 0 Å². The smallest absolute Gasteiger partial charge is 0.458 e. The number of hydrogen-bond donors (Lipinski definition) is 3. The van der Waals surface area contributed by atoms with Gasteiger partial charge in [0, 0.05) is 6.32 Å². The predicted molar refractivity (Wildman–Crippen MR) is 89.5 cm³/mol. The van der Waals surface area contributed by atoms with Gasteiger partial charge in [0.15, 0.2) is 0 Å². The van der Waals surface area contributed by atoms with E-state index in [4.69, 9.17) is 14.2 Å². The Hall–Kier alpha value is -1.60. The van der Waals surface area contributed by atoms with E-state index in [1.807, 2.05) is 25.1 Å². The lowest BCUT2D eigenvalue weighted by atomic mass is 9.78. The second-order valence-electron chi connectivity index (χ2n) is 5.73. The first kappa shape index (κ1) is 17.8. The average molecular weight is 318 g/mol. The minimum Gasteiger partial charge on any atom is -0.459 e. The summed E-state index contributed by atoms with van der Waals surface area (Å²) in [6, 6.07) is 3.56. The fourth-order valence-corrected chi connectivity index (χ4v) is 2.60. The van der Waals surface area contributed by atoms with Crippen LogP contribution in [0.15, 0.2) is 45.9 Å². The van der Waals surface area contributed by atoms with E-state index in [0.29, 0.717) is 29.8 Å². The molecule has 1 aromatic heterocycles. The first-order valence-electron chi connectivity index (χ1n) is 7.72. The Kier molecular flexibility index (Phi) is 6.42. The summed E-state index contributed by atoms with van der Waals surface area (Å²) in [6.07, 6.45) is 5.38. The summed E-state index contributed by atoms with van der Waals surface area (Å²) in [6.45, 7) is 5.61. The first-order chi connectivity index (χ1) is 11.0. The zero-order valence-electron chi connectivity index (χ0n) is 13.4. The Bertz CT molecular complexity index is 602. The van der Waals surface area contributed by atoms with Gasteiger partial charge in [0.2, 0.25) is 0 Å². The number of allylic oxidation sites excluding steroid dienone is 2. The van der Waals surface area contributed by atoms with Gasteiger partial charge in [-0.15, -0.1) is 0 Å². The van der Waals surface area contributed by atoms with Gasteiger partial charge in [-0.3, -0.25) is 0 Å². The highest BCUT2D eigenvalue weighted by Crippen LogP contribution is 2.27. The van der Waals surface area contributed by atoms with Gasteiger partial charge in [0.05, 0.1) is 12.7 Å². The van der Waals surface area contributed by atoms with Gasteiger partial charge < -0.3 is 24.3 Å². The maximum atomic E-state index is 9.67. The number of hydrogen-bond acceptors (Lipinski definition) is 5. The van der Waals surface area contributed by atoms with Gasteiger partial charge in [-0.1, -0.05) is 18.2 Å². The third kappa shape index (κ3) is 4.94. The third-order valence-corrected chi connectivity index (χ3v) is 3.83. The van der Waals surface area contributed by atoms with Crippen LogP contribution in [0.5, 0.6) is 0 Å². The molecule has 3 N–H and O–H groups in total. The van der Waals surface area contributed by atoms with Gasteiger partial charge in [0.1, 0.15) is 18.1 Å². The van der Waals surface area contributed by atoms with Crippen LogP contribution in [0.2, 0.25) is 6.32 Å². The van der Waals surface area contributed by atoms with E-state index in [0.717, 1.165) is 17.6 Å². The van der Waals surface area contributed by atoms with Crippen molar-refractivity contribution in [3.8, 4) is 0 Å². The van der Waals surface area contributed by atoms with Crippen LogP contribution in [0.4, 0.5) is 0 Å². The van der Waals surface area contributed by atoms with E-state index in [1.54, 1.807) is 6.07 Å². The summed E-state index contributed by atoms with van der Waals surface area (Å²) >= 11 is 0. The van der Waals surface area contributed by atoms with E-state index in [-0.39, 0.29) is 19.3 Å². The first-order valence-corrected chi connectivity index (χ1v) is 7.72. The lowest BCUT2D eigenvalue weighted by molar-refractivity contribution is 0.180. The minimum absolute atomic E-state index is 0.113. The van der Waals surface area contributed by atoms with E-state index < -0.39 is 7.12 Å². The van der Waals surface area contributed by atoms with Crippen LogP contribution < -0.4 is 0 Å². The molecular formula is C17H23BO5. The normalized spacial score (nSPS) is 19.0. The second-order valence-corrected chi connectivity index (χ2v) is 5.73. The molecule has 0 bridgehead atoms. The van der Waals surface area contributed by atoms with Crippen LogP contribution in [-0.4, -0.2) is 35.1 Å². The van der Waals surface area contributed by atoms with Crippen molar-refractivity contribution in [1.82, 2.24) is 0 Å². The monoisotopic (exact) mass is 318 g/mol. The lowest BCUT2D eigenvalue weighted by Gasteiger charge is -2.27. The van der Waals surface area contributed by atoms with Crippen LogP contribution in [0.25, 0.3) is 6.08 Å². The molecule has 0 radical (unpaired) electrons. The molecule has 1 aromatic rings. The van der Waals surface area contributed by atoms with Crippen LogP contribution >= 0.6 is 0 Å². The van der Waals surface area contributed by atoms with Crippen LogP contribution in [0, 0.1) is 0 Å². The Balaban J connectivity index is 1.98. The summed E-state index contributed by atoms with van der Waals surface area (Å²) in [5, 5.41) is 27.9. The van der Waals surface area contributed by atoms with Crippen molar-refractivity contribution in [3.63, 3.8) is 0 Å². The summed E-state index contributed by atoms with van der Waals surface area (Å²) in [5.41, 5.74) is 2.59. The SMILES string of the molecule is C=C(CO)C1=CCB(O)OC1CC/C(C)=C/c1ccc(CO)o1. The molecule has 1 unspecified atom stereocenters. The fourth-order valence-electron chi connectivity index (χ4n) is 2.60. The van der Waals surface area contributed by atoms with E-state index in [2.05, 4.69) is 6.58 Å². The van der Waals surface area contributed by atoms with Gasteiger partial charge in [-0.2, -0.15) is 0 Å². The molecule has 124 valence electrons. The van der Waals surface area contributed by atoms with Crippen molar-refractivity contribution in [2.75, 3.05) is 6.61 Å². The van der Waals surface area contributed by atoms with E-state index in [1.165, 1.54) is 0 Å². The number of aliphatic hydroxyl groups is 2. The average Bonchev–Trinajstić information content (AvgIpc) is 3.00. The highest BCUT2D eigenvalue weighted by Gasteiger charge is 2.27. The van der Waals surface area contributed by atoms with Crippen LogP contribution in [0.1, 0.15) is 31.3 Å². The minimum atomic E-state index is -0.809. The van der Waals surface area contributed by atoms with Crippen molar-refractivity contribution in [3.05, 3.63) is 53.0 Å². The molecule has 2 rings (SSSR count). The molecule has 5 nitrogen and oxygen atoms in total. The number of furan rings is 1. The molecular weight excluding hydrogens is 295 g/mol. The Morgan fingerprint density at radius 3 is 2.87 bits per heavy atom.